The number of amides is 2. The van der Waals surface area contributed by atoms with Crippen molar-refractivity contribution in [2.24, 2.45) is 0 Å². The van der Waals surface area contributed by atoms with Gasteiger partial charge in [-0.2, -0.15) is 18.4 Å². The summed E-state index contributed by atoms with van der Waals surface area (Å²) < 4.78 is 45.5. The Labute approximate surface area is 202 Å². The van der Waals surface area contributed by atoms with Gasteiger partial charge in [-0.15, -0.1) is 0 Å². The molecule has 1 atom stereocenters. The van der Waals surface area contributed by atoms with Gasteiger partial charge in [-0.1, -0.05) is 31.5 Å². The fraction of sp³-hybridized carbons (Fsp3) is 0.346. The molecule has 2 aromatic carbocycles. The molecular weight excluding hydrogens is 459 g/mol. The predicted octanol–water partition coefficient (Wildman–Crippen LogP) is 6.20. The number of allylic oxidation sites excluding steroid dienone is 1. The first-order valence-corrected chi connectivity index (χ1v) is 11.3. The average molecular weight is 486 g/mol. The first-order chi connectivity index (χ1) is 16.6. The molecule has 0 radical (unpaired) electrons. The number of unbranched alkanes of at least 4 members (excludes halogenated alkanes) is 1. The van der Waals surface area contributed by atoms with E-state index >= 15 is 0 Å². The van der Waals surface area contributed by atoms with Crippen LogP contribution in [0.1, 0.15) is 56.3 Å². The number of halogens is 3. The number of alkyl halides is 3. The van der Waals surface area contributed by atoms with Crippen LogP contribution in [-0.4, -0.2) is 30.1 Å². The summed E-state index contributed by atoms with van der Waals surface area (Å²) in [7, 11) is 0. The molecule has 0 saturated heterocycles. The lowest BCUT2D eigenvalue weighted by Gasteiger charge is -2.43. The zero-order valence-electron chi connectivity index (χ0n) is 19.7. The van der Waals surface area contributed by atoms with Crippen LogP contribution >= 0.6 is 0 Å². The van der Waals surface area contributed by atoms with Crippen LogP contribution in [0.2, 0.25) is 0 Å². The molecule has 3 rings (SSSR count). The highest BCUT2D eigenvalue weighted by atomic mass is 19.4. The Morgan fingerprint density at radius 2 is 1.83 bits per heavy atom. The summed E-state index contributed by atoms with van der Waals surface area (Å²) in [4.78, 5) is 29.5. The standard InChI is InChI=1S/C26H26F3N3O3/c1-4-6-14-31-23(19-12-10-18(16-30)11-13-19)22(24(33)35-5-2)17(3)32(25(31)34)21-9-7-8-20(15-21)26(27,28)29/h7-13,15,23H,4-6,14H2,1-3H3/t23-/m1/s1. The molecule has 184 valence electrons. The molecule has 0 aromatic heterocycles. The van der Waals surface area contributed by atoms with Crippen LogP contribution < -0.4 is 4.90 Å². The van der Waals surface area contributed by atoms with Crippen LogP contribution in [0.4, 0.5) is 23.7 Å². The Morgan fingerprint density at radius 3 is 2.40 bits per heavy atom. The van der Waals surface area contributed by atoms with Gasteiger partial charge in [0, 0.05) is 12.2 Å². The minimum absolute atomic E-state index is 0.00361. The molecule has 0 unspecified atom stereocenters. The van der Waals surface area contributed by atoms with E-state index in [9.17, 15) is 22.8 Å². The normalized spacial score (nSPS) is 16.4. The smallest absolute Gasteiger partial charge is 0.416 e. The minimum atomic E-state index is -4.59. The fourth-order valence-electron chi connectivity index (χ4n) is 4.09. The Kier molecular flexibility index (Phi) is 7.85. The number of rotatable bonds is 7. The number of esters is 1. The number of urea groups is 1. The topological polar surface area (TPSA) is 73.6 Å². The van der Waals surface area contributed by atoms with Crippen molar-refractivity contribution in [2.45, 2.75) is 45.8 Å². The van der Waals surface area contributed by atoms with Crippen molar-refractivity contribution >= 4 is 17.7 Å². The first kappa shape index (κ1) is 25.8. The van der Waals surface area contributed by atoms with Gasteiger partial charge >= 0.3 is 18.2 Å². The van der Waals surface area contributed by atoms with Crippen LogP contribution in [0.5, 0.6) is 0 Å². The fourth-order valence-corrected chi connectivity index (χ4v) is 4.09. The van der Waals surface area contributed by atoms with E-state index in [1.807, 2.05) is 13.0 Å². The number of hydrogen-bond acceptors (Lipinski definition) is 4. The second-order valence-corrected chi connectivity index (χ2v) is 8.07. The van der Waals surface area contributed by atoms with Gasteiger partial charge in [0.25, 0.3) is 0 Å². The van der Waals surface area contributed by atoms with Crippen molar-refractivity contribution in [3.05, 3.63) is 76.5 Å². The molecule has 0 N–H and O–H groups in total. The molecule has 35 heavy (non-hydrogen) atoms. The second kappa shape index (κ2) is 10.6. The SMILES string of the molecule is CCCCN1C(=O)N(c2cccc(C(F)(F)F)c2)C(C)=C(C(=O)OCC)[C@H]1c1ccc(C#N)cc1. The number of benzene rings is 2. The Morgan fingerprint density at radius 1 is 1.14 bits per heavy atom. The Bertz CT molecular complexity index is 1170. The molecule has 0 spiro atoms. The molecule has 2 amide bonds. The van der Waals surface area contributed by atoms with Gasteiger partial charge in [-0.3, -0.25) is 4.90 Å². The third-order valence-corrected chi connectivity index (χ3v) is 5.78. The van der Waals surface area contributed by atoms with Crippen LogP contribution in [0.3, 0.4) is 0 Å². The molecule has 2 aromatic rings. The number of nitrogens with zero attached hydrogens (tertiary/aromatic N) is 3. The zero-order valence-corrected chi connectivity index (χ0v) is 19.7. The van der Waals surface area contributed by atoms with E-state index in [-0.39, 0.29) is 30.1 Å². The van der Waals surface area contributed by atoms with Gasteiger partial charge in [-0.25, -0.2) is 9.59 Å². The van der Waals surface area contributed by atoms with E-state index in [1.165, 1.54) is 24.0 Å². The van der Waals surface area contributed by atoms with E-state index in [0.29, 0.717) is 17.5 Å². The summed E-state index contributed by atoms with van der Waals surface area (Å²) in [5.41, 5.74) is 0.464. The van der Waals surface area contributed by atoms with Crippen molar-refractivity contribution in [2.75, 3.05) is 18.1 Å². The van der Waals surface area contributed by atoms with Crippen LogP contribution in [-0.2, 0) is 15.7 Å². The molecule has 0 bridgehead atoms. The molecular formula is C26H26F3N3O3. The van der Waals surface area contributed by atoms with Gasteiger partial charge in [0.1, 0.15) is 0 Å². The lowest BCUT2D eigenvalue weighted by molar-refractivity contribution is -0.139. The van der Waals surface area contributed by atoms with Gasteiger partial charge in [-0.05, 0) is 56.2 Å². The quantitative estimate of drug-likeness (QED) is 0.438. The Hall–Kier alpha value is -3.80. The number of anilines is 1. The van der Waals surface area contributed by atoms with Crippen LogP contribution in [0.25, 0.3) is 0 Å². The Balaban J connectivity index is 2.25. The summed E-state index contributed by atoms with van der Waals surface area (Å²) in [5.74, 6) is -0.662. The summed E-state index contributed by atoms with van der Waals surface area (Å²) in [5, 5.41) is 9.16. The summed E-state index contributed by atoms with van der Waals surface area (Å²) >= 11 is 0. The minimum Gasteiger partial charge on any atom is -0.463 e. The van der Waals surface area contributed by atoms with E-state index < -0.39 is 29.8 Å². The largest absolute Gasteiger partial charge is 0.463 e. The van der Waals surface area contributed by atoms with Crippen molar-refractivity contribution < 1.29 is 27.5 Å². The summed E-state index contributed by atoms with van der Waals surface area (Å²) in [6.45, 7) is 5.48. The number of carbonyl (C=O) groups is 2. The zero-order chi connectivity index (χ0) is 25.8. The molecule has 1 aliphatic rings. The highest BCUT2D eigenvalue weighted by Gasteiger charge is 2.43. The number of ether oxygens (including phenoxy) is 1. The maximum atomic E-state index is 13.8. The van der Waals surface area contributed by atoms with Crippen molar-refractivity contribution in [3.8, 4) is 6.07 Å². The lowest BCUT2D eigenvalue weighted by atomic mass is 9.92. The average Bonchev–Trinajstić information content (AvgIpc) is 2.83. The van der Waals surface area contributed by atoms with E-state index in [0.717, 1.165) is 23.5 Å². The first-order valence-electron chi connectivity index (χ1n) is 11.3. The number of carbonyl (C=O) groups excluding carboxylic acids is 2. The molecule has 6 nitrogen and oxygen atoms in total. The van der Waals surface area contributed by atoms with Crippen molar-refractivity contribution in [1.82, 2.24) is 4.90 Å². The highest BCUT2D eigenvalue weighted by Crippen LogP contribution is 2.41. The summed E-state index contributed by atoms with van der Waals surface area (Å²) in [6, 6.07) is 11.6. The van der Waals surface area contributed by atoms with Crippen molar-refractivity contribution in [1.29, 1.82) is 5.26 Å². The highest BCUT2D eigenvalue weighted by molar-refractivity contribution is 6.03. The van der Waals surface area contributed by atoms with Gasteiger partial charge in [0.2, 0.25) is 0 Å². The number of hydrogen-bond donors (Lipinski definition) is 0. The third kappa shape index (κ3) is 5.32. The maximum Gasteiger partial charge on any atom is 0.416 e. The van der Waals surface area contributed by atoms with Gasteiger partial charge in [0.05, 0.1) is 41.1 Å². The molecule has 1 aliphatic heterocycles. The number of nitriles is 1. The van der Waals surface area contributed by atoms with Gasteiger partial charge < -0.3 is 9.64 Å². The maximum absolute atomic E-state index is 13.8. The second-order valence-electron chi connectivity index (χ2n) is 8.07. The lowest BCUT2D eigenvalue weighted by Crippen LogP contribution is -2.51. The predicted molar refractivity (Wildman–Crippen MR) is 124 cm³/mol. The molecule has 0 saturated carbocycles. The van der Waals surface area contributed by atoms with E-state index in [4.69, 9.17) is 10.00 Å². The molecule has 1 heterocycles. The van der Waals surface area contributed by atoms with E-state index in [1.54, 1.807) is 31.2 Å². The monoisotopic (exact) mass is 485 g/mol. The van der Waals surface area contributed by atoms with Gasteiger partial charge in [0.15, 0.2) is 0 Å². The van der Waals surface area contributed by atoms with Crippen molar-refractivity contribution in [3.63, 3.8) is 0 Å². The summed E-state index contributed by atoms with van der Waals surface area (Å²) in [6.07, 6.45) is -3.22. The molecule has 9 heteroatoms. The van der Waals surface area contributed by atoms with E-state index in [2.05, 4.69) is 0 Å². The molecule has 0 aliphatic carbocycles. The molecule has 0 fully saturated rings. The van der Waals surface area contributed by atoms with Crippen LogP contribution in [0.15, 0.2) is 59.8 Å². The third-order valence-electron chi connectivity index (χ3n) is 5.78. The van der Waals surface area contributed by atoms with Crippen LogP contribution in [0, 0.1) is 11.3 Å².